The Morgan fingerprint density at radius 3 is 2.82 bits per heavy atom. The van der Waals surface area contributed by atoms with E-state index in [9.17, 15) is 0 Å². The Kier molecular flexibility index (Phi) is 3.52. The van der Waals surface area contributed by atoms with Crippen LogP contribution in [0.1, 0.15) is 30.5 Å². The highest BCUT2D eigenvalue weighted by Crippen LogP contribution is 2.19. The van der Waals surface area contributed by atoms with Gasteiger partial charge in [0, 0.05) is 23.0 Å². The second-order valence-corrected chi connectivity index (χ2v) is 4.45. The van der Waals surface area contributed by atoms with E-state index in [1.807, 2.05) is 0 Å². The quantitative estimate of drug-likeness (QED) is 0.732. The molecular formula is C8H12BrNS. The summed E-state index contributed by atoms with van der Waals surface area (Å²) >= 11 is 5.16. The first-order chi connectivity index (χ1) is 5.24. The molecule has 11 heavy (non-hydrogen) atoms. The van der Waals surface area contributed by atoms with Crippen LogP contribution in [0.25, 0.3) is 0 Å². The molecule has 0 aromatic carbocycles. The Morgan fingerprint density at radius 2 is 2.36 bits per heavy atom. The smallest absolute Gasteiger partial charge is 0.0953 e. The highest BCUT2D eigenvalue weighted by Gasteiger charge is 2.04. The second kappa shape index (κ2) is 4.21. The normalized spacial score (nSPS) is 10.9. The van der Waals surface area contributed by atoms with Crippen molar-refractivity contribution in [3.8, 4) is 0 Å². The topological polar surface area (TPSA) is 12.9 Å². The lowest BCUT2D eigenvalue weighted by Crippen LogP contribution is -1.89. The number of thiazole rings is 1. The molecule has 0 amide bonds. The van der Waals surface area contributed by atoms with Crippen LogP contribution in [0.15, 0.2) is 5.38 Å². The molecule has 1 heterocycles. The molecule has 1 rings (SSSR count). The average Bonchev–Trinajstić information content (AvgIpc) is 2.37. The Bertz CT molecular complexity index is 220. The monoisotopic (exact) mass is 233 g/mol. The molecule has 62 valence electrons. The third-order valence-corrected chi connectivity index (χ3v) is 3.00. The van der Waals surface area contributed by atoms with Crippen molar-refractivity contribution in [3.63, 3.8) is 0 Å². The van der Waals surface area contributed by atoms with Gasteiger partial charge < -0.3 is 0 Å². The molecular weight excluding hydrogens is 222 g/mol. The largest absolute Gasteiger partial charge is 0.246 e. The van der Waals surface area contributed by atoms with Gasteiger partial charge in [0.1, 0.15) is 0 Å². The molecule has 0 bridgehead atoms. The second-order valence-electron chi connectivity index (χ2n) is 2.77. The van der Waals surface area contributed by atoms with Crippen molar-refractivity contribution >= 4 is 27.3 Å². The van der Waals surface area contributed by atoms with E-state index in [0.29, 0.717) is 5.92 Å². The lowest BCUT2D eigenvalue weighted by atomic mass is 10.2. The lowest BCUT2D eigenvalue weighted by Gasteiger charge is -1.95. The maximum absolute atomic E-state index is 4.49. The summed E-state index contributed by atoms with van der Waals surface area (Å²) in [5, 5.41) is 4.41. The first-order valence-corrected chi connectivity index (χ1v) is 5.74. The lowest BCUT2D eigenvalue weighted by molar-refractivity contribution is 0.841. The molecule has 3 heteroatoms. The van der Waals surface area contributed by atoms with Crippen molar-refractivity contribution in [1.82, 2.24) is 4.98 Å². The van der Waals surface area contributed by atoms with Gasteiger partial charge in [-0.15, -0.1) is 11.3 Å². The van der Waals surface area contributed by atoms with E-state index in [-0.39, 0.29) is 0 Å². The highest BCUT2D eigenvalue weighted by atomic mass is 79.9. The summed E-state index contributed by atoms with van der Waals surface area (Å²) in [6, 6.07) is 0. The number of hydrogen-bond acceptors (Lipinski definition) is 2. The first kappa shape index (κ1) is 9.20. The molecule has 0 aliphatic rings. The maximum Gasteiger partial charge on any atom is 0.0953 e. The predicted molar refractivity (Wildman–Crippen MR) is 53.7 cm³/mol. The molecule has 0 unspecified atom stereocenters. The number of halogens is 1. The summed E-state index contributed by atoms with van der Waals surface area (Å²) in [4.78, 5) is 4.49. The fourth-order valence-electron chi connectivity index (χ4n) is 0.799. The van der Waals surface area contributed by atoms with Gasteiger partial charge in [0.15, 0.2) is 0 Å². The van der Waals surface area contributed by atoms with Crippen molar-refractivity contribution in [1.29, 1.82) is 0 Å². The number of nitrogens with zero attached hydrogens (tertiary/aromatic N) is 1. The van der Waals surface area contributed by atoms with Gasteiger partial charge in [-0.05, 0) is 0 Å². The van der Waals surface area contributed by atoms with E-state index in [1.54, 1.807) is 11.3 Å². The average molecular weight is 234 g/mol. The van der Waals surface area contributed by atoms with Crippen molar-refractivity contribution in [2.45, 2.75) is 26.2 Å². The molecule has 0 spiro atoms. The SMILES string of the molecule is CC(C)c1nc(CCBr)cs1. The van der Waals surface area contributed by atoms with Crippen molar-refractivity contribution in [2.24, 2.45) is 0 Å². The number of hydrogen-bond donors (Lipinski definition) is 0. The Morgan fingerprint density at radius 1 is 1.64 bits per heavy atom. The van der Waals surface area contributed by atoms with E-state index >= 15 is 0 Å². The molecule has 0 aliphatic heterocycles. The van der Waals surface area contributed by atoms with E-state index in [1.165, 1.54) is 10.7 Å². The van der Waals surface area contributed by atoms with Crippen LogP contribution in [-0.2, 0) is 6.42 Å². The summed E-state index contributed by atoms with van der Waals surface area (Å²) in [6.07, 6.45) is 1.04. The Hall–Kier alpha value is 0.110. The van der Waals surface area contributed by atoms with E-state index in [0.717, 1.165) is 11.8 Å². The van der Waals surface area contributed by atoms with Gasteiger partial charge in [0.2, 0.25) is 0 Å². The van der Waals surface area contributed by atoms with Gasteiger partial charge in [-0.25, -0.2) is 4.98 Å². The van der Waals surface area contributed by atoms with Crippen LogP contribution in [0.5, 0.6) is 0 Å². The van der Waals surface area contributed by atoms with Crippen LogP contribution < -0.4 is 0 Å². The zero-order valence-corrected chi connectivity index (χ0v) is 9.20. The molecule has 1 nitrogen and oxygen atoms in total. The fraction of sp³-hybridized carbons (Fsp3) is 0.625. The van der Waals surface area contributed by atoms with Crippen LogP contribution >= 0.6 is 27.3 Å². The molecule has 0 atom stereocenters. The third-order valence-electron chi connectivity index (χ3n) is 1.41. The van der Waals surface area contributed by atoms with Gasteiger partial charge in [-0.2, -0.15) is 0 Å². The van der Waals surface area contributed by atoms with E-state index in [2.05, 4.69) is 40.1 Å². The van der Waals surface area contributed by atoms with Gasteiger partial charge in [0.05, 0.1) is 10.7 Å². The minimum atomic E-state index is 0.573. The molecule has 1 aromatic heterocycles. The Balaban J connectivity index is 2.66. The molecule has 0 saturated heterocycles. The van der Waals surface area contributed by atoms with Gasteiger partial charge >= 0.3 is 0 Å². The number of aryl methyl sites for hydroxylation is 1. The van der Waals surface area contributed by atoms with Gasteiger partial charge in [0.25, 0.3) is 0 Å². The molecule has 0 saturated carbocycles. The minimum Gasteiger partial charge on any atom is -0.246 e. The van der Waals surface area contributed by atoms with E-state index < -0.39 is 0 Å². The standard InChI is InChI=1S/C8H12BrNS/c1-6(2)8-10-7(3-4-9)5-11-8/h5-6H,3-4H2,1-2H3. The van der Waals surface area contributed by atoms with Crippen LogP contribution in [-0.4, -0.2) is 10.3 Å². The molecule has 0 aliphatic carbocycles. The van der Waals surface area contributed by atoms with Crippen molar-refractivity contribution in [3.05, 3.63) is 16.1 Å². The zero-order valence-electron chi connectivity index (χ0n) is 6.80. The van der Waals surface area contributed by atoms with Crippen LogP contribution in [0, 0.1) is 0 Å². The van der Waals surface area contributed by atoms with Gasteiger partial charge in [-0.1, -0.05) is 29.8 Å². The molecule has 1 aromatic rings. The minimum absolute atomic E-state index is 0.573. The third kappa shape index (κ3) is 2.56. The molecule has 0 radical (unpaired) electrons. The predicted octanol–water partition coefficient (Wildman–Crippen LogP) is 3.20. The number of rotatable bonds is 3. The van der Waals surface area contributed by atoms with Crippen LogP contribution in [0.2, 0.25) is 0 Å². The zero-order chi connectivity index (χ0) is 8.27. The number of alkyl halides is 1. The van der Waals surface area contributed by atoms with E-state index in [4.69, 9.17) is 0 Å². The highest BCUT2D eigenvalue weighted by molar-refractivity contribution is 9.09. The first-order valence-electron chi connectivity index (χ1n) is 3.74. The Labute approximate surface area is 80.0 Å². The van der Waals surface area contributed by atoms with Gasteiger partial charge in [-0.3, -0.25) is 0 Å². The molecule has 0 fully saturated rings. The summed E-state index contributed by atoms with van der Waals surface area (Å²) in [5.74, 6) is 0.573. The molecule has 0 N–H and O–H groups in total. The summed E-state index contributed by atoms with van der Waals surface area (Å²) in [6.45, 7) is 4.35. The van der Waals surface area contributed by atoms with Crippen LogP contribution in [0.3, 0.4) is 0 Å². The fourth-order valence-corrected chi connectivity index (χ4v) is 2.08. The van der Waals surface area contributed by atoms with Crippen molar-refractivity contribution < 1.29 is 0 Å². The van der Waals surface area contributed by atoms with Crippen molar-refractivity contribution in [2.75, 3.05) is 5.33 Å². The summed E-state index contributed by atoms with van der Waals surface area (Å²) < 4.78 is 0. The number of aromatic nitrogens is 1. The summed E-state index contributed by atoms with van der Waals surface area (Å²) in [5.41, 5.74) is 1.22. The maximum atomic E-state index is 4.49. The summed E-state index contributed by atoms with van der Waals surface area (Å²) in [7, 11) is 0. The van der Waals surface area contributed by atoms with Crippen LogP contribution in [0.4, 0.5) is 0 Å².